The van der Waals surface area contributed by atoms with Crippen LogP contribution in [-0.2, 0) is 4.79 Å². The highest BCUT2D eigenvalue weighted by atomic mass is 16.2. The van der Waals surface area contributed by atoms with Crippen molar-refractivity contribution < 1.29 is 4.79 Å². The molecule has 1 amide bonds. The summed E-state index contributed by atoms with van der Waals surface area (Å²) in [7, 11) is 0. The van der Waals surface area contributed by atoms with Gasteiger partial charge in [-0.1, -0.05) is 19.8 Å². The smallest absolute Gasteiger partial charge is 0.227 e. The molecule has 0 aliphatic rings. The first-order chi connectivity index (χ1) is 5.94. The summed E-state index contributed by atoms with van der Waals surface area (Å²) in [6, 6.07) is -0.246. The van der Waals surface area contributed by atoms with Gasteiger partial charge in [0.05, 0.1) is 11.5 Å². The molecule has 2 nitrogen and oxygen atoms in total. The molecule has 0 saturated carbocycles. The normalized spacial score (nSPS) is 12.4. The zero-order valence-electron chi connectivity index (χ0n) is 8.35. The third-order valence-electron chi connectivity index (χ3n) is 1.76. The van der Waals surface area contributed by atoms with Crippen LogP contribution in [0.25, 0.3) is 0 Å². The van der Waals surface area contributed by atoms with Crippen LogP contribution in [0, 0.1) is 30.1 Å². The van der Waals surface area contributed by atoms with Gasteiger partial charge in [-0.2, -0.15) is 0 Å². The van der Waals surface area contributed by atoms with Crippen molar-refractivity contribution >= 4 is 5.91 Å². The van der Waals surface area contributed by atoms with Gasteiger partial charge in [-0.15, -0.1) is 18.8 Å². The highest BCUT2D eigenvalue weighted by Crippen LogP contribution is 2.19. The van der Waals surface area contributed by atoms with Crippen LogP contribution in [0.1, 0.15) is 27.2 Å². The fourth-order valence-corrected chi connectivity index (χ4v) is 0.769. The quantitative estimate of drug-likeness (QED) is 0.644. The van der Waals surface area contributed by atoms with Crippen LogP contribution < -0.4 is 5.32 Å². The number of carbonyl (C=O) groups excluding carboxylic acids is 1. The molecule has 0 spiro atoms. The molecule has 2 heteroatoms. The second-order valence-electron chi connectivity index (χ2n) is 3.63. The first-order valence-electron chi connectivity index (χ1n) is 4.14. The summed E-state index contributed by atoms with van der Waals surface area (Å²) < 4.78 is 0. The van der Waals surface area contributed by atoms with E-state index in [1.165, 1.54) is 0 Å². The lowest BCUT2D eigenvalue weighted by molar-refractivity contribution is -0.129. The predicted molar refractivity (Wildman–Crippen MR) is 53.7 cm³/mol. The summed E-state index contributed by atoms with van der Waals surface area (Å²) in [6.45, 7) is 5.35. The maximum atomic E-state index is 11.5. The van der Waals surface area contributed by atoms with Crippen molar-refractivity contribution in [3.63, 3.8) is 0 Å². The van der Waals surface area contributed by atoms with E-state index >= 15 is 0 Å². The molecule has 0 aromatic heterocycles. The molecule has 1 N–H and O–H groups in total. The minimum Gasteiger partial charge on any atom is -0.342 e. The highest BCUT2D eigenvalue weighted by molar-refractivity contribution is 5.82. The Morgan fingerprint density at radius 2 is 2.08 bits per heavy atom. The van der Waals surface area contributed by atoms with Crippen LogP contribution in [0.15, 0.2) is 0 Å². The van der Waals surface area contributed by atoms with Crippen LogP contribution >= 0.6 is 0 Å². The highest BCUT2D eigenvalue weighted by Gasteiger charge is 2.26. The van der Waals surface area contributed by atoms with E-state index in [-0.39, 0.29) is 11.9 Å². The zero-order valence-corrected chi connectivity index (χ0v) is 8.35. The molecule has 0 radical (unpaired) electrons. The lowest BCUT2D eigenvalue weighted by Crippen LogP contribution is -2.41. The number of terminal acetylenes is 2. The van der Waals surface area contributed by atoms with Crippen molar-refractivity contribution in [2.24, 2.45) is 5.41 Å². The first kappa shape index (κ1) is 11.6. The molecule has 0 aliphatic heterocycles. The molecule has 0 aromatic carbocycles. The Bertz CT molecular complexity index is 265. The lowest BCUT2D eigenvalue weighted by Gasteiger charge is -2.22. The number of hydrogen-bond acceptors (Lipinski definition) is 1. The average molecular weight is 177 g/mol. The summed E-state index contributed by atoms with van der Waals surface area (Å²) in [5.41, 5.74) is -0.542. The summed E-state index contributed by atoms with van der Waals surface area (Å²) in [5.74, 6) is 4.79. The van der Waals surface area contributed by atoms with E-state index in [2.05, 4.69) is 17.2 Å². The third kappa shape index (κ3) is 3.67. The van der Waals surface area contributed by atoms with Crippen molar-refractivity contribution in [2.75, 3.05) is 0 Å². The van der Waals surface area contributed by atoms with Crippen molar-refractivity contribution in [3.05, 3.63) is 0 Å². The fourth-order valence-electron chi connectivity index (χ4n) is 0.769. The van der Waals surface area contributed by atoms with E-state index < -0.39 is 5.41 Å². The van der Waals surface area contributed by atoms with Crippen molar-refractivity contribution in [2.45, 2.75) is 33.2 Å². The van der Waals surface area contributed by atoms with Gasteiger partial charge in [0.1, 0.15) is 0 Å². The molecule has 70 valence electrons. The second kappa shape index (κ2) is 4.58. The van der Waals surface area contributed by atoms with Gasteiger partial charge in [0, 0.05) is 6.42 Å². The number of rotatable bonds is 3. The second-order valence-corrected chi connectivity index (χ2v) is 3.63. The van der Waals surface area contributed by atoms with E-state index in [0.717, 1.165) is 0 Å². The van der Waals surface area contributed by atoms with E-state index in [1.54, 1.807) is 20.8 Å². The molecular formula is C11H15NO. The van der Waals surface area contributed by atoms with Gasteiger partial charge in [-0.05, 0) is 6.92 Å². The summed E-state index contributed by atoms with van der Waals surface area (Å²) in [4.78, 5) is 11.5. The zero-order chi connectivity index (χ0) is 10.5. The Morgan fingerprint density at radius 1 is 1.54 bits per heavy atom. The van der Waals surface area contributed by atoms with E-state index in [0.29, 0.717) is 6.42 Å². The van der Waals surface area contributed by atoms with Gasteiger partial charge >= 0.3 is 0 Å². The van der Waals surface area contributed by atoms with Crippen molar-refractivity contribution in [1.29, 1.82) is 0 Å². The maximum absolute atomic E-state index is 11.5. The van der Waals surface area contributed by atoms with Crippen LogP contribution in [-0.4, -0.2) is 11.9 Å². The third-order valence-corrected chi connectivity index (χ3v) is 1.76. The van der Waals surface area contributed by atoms with E-state index in [1.807, 2.05) is 0 Å². The van der Waals surface area contributed by atoms with Gasteiger partial charge in [0.15, 0.2) is 0 Å². The van der Waals surface area contributed by atoms with Crippen LogP contribution in [0.4, 0.5) is 0 Å². The lowest BCUT2D eigenvalue weighted by atomic mass is 9.88. The average Bonchev–Trinajstić information content (AvgIpc) is 2.04. The predicted octanol–water partition coefficient (Wildman–Crippen LogP) is 1.17. The molecule has 1 unspecified atom stereocenters. The molecule has 13 heavy (non-hydrogen) atoms. The molecule has 1 atom stereocenters. The molecule has 0 fully saturated rings. The summed E-state index contributed by atoms with van der Waals surface area (Å²) >= 11 is 0. The van der Waals surface area contributed by atoms with Crippen LogP contribution in [0.2, 0.25) is 0 Å². The Balaban J connectivity index is 4.28. The number of nitrogens with one attached hydrogen (secondary N) is 1. The molecular weight excluding hydrogens is 162 g/mol. The standard InChI is InChI=1S/C11H15NO/c1-6-8-11(4,5)10(13)12-9(3)7-2/h1-2,9H,8H2,3-5H3,(H,12,13). The number of hydrogen-bond donors (Lipinski definition) is 1. The molecule has 0 rings (SSSR count). The number of amides is 1. The van der Waals surface area contributed by atoms with E-state index in [9.17, 15) is 4.79 Å². The maximum Gasteiger partial charge on any atom is 0.227 e. The molecule has 0 heterocycles. The number of carbonyl (C=O) groups is 1. The van der Waals surface area contributed by atoms with Gasteiger partial charge in [-0.25, -0.2) is 0 Å². The Labute approximate surface area is 80.1 Å². The SMILES string of the molecule is C#CCC(C)(C)C(=O)NC(C)C#C. The molecule has 0 aromatic rings. The van der Waals surface area contributed by atoms with Gasteiger partial charge < -0.3 is 5.32 Å². The fraction of sp³-hybridized carbons (Fsp3) is 0.545. The topological polar surface area (TPSA) is 29.1 Å². The summed E-state index contributed by atoms with van der Waals surface area (Å²) in [6.07, 6.45) is 10.7. The van der Waals surface area contributed by atoms with Gasteiger partial charge in [-0.3, -0.25) is 4.79 Å². The Kier molecular flexibility index (Phi) is 4.08. The Morgan fingerprint density at radius 3 is 2.46 bits per heavy atom. The summed E-state index contributed by atoms with van der Waals surface area (Å²) in [5, 5.41) is 2.68. The van der Waals surface area contributed by atoms with Gasteiger partial charge in [0.25, 0.3) is 0 Å². The van der Waals surface area contributed by atoms with Crippen molar-refractivity contribution in [1.82, 2.24) is 5.32 Å². The Hall–Kier alpha value is -1.41. The molecule has 0 saturated heterocycles. The van der Waals surface area contributed by atoms with Crippen molar-refractivity contribution in [3.8, 4) is 24.7 Å². The minimum atomic E-state index is -0.542. The molecule has 0 bridgehead atoms. The van der Waals surface area contributed by atoms with Gasteiger partial charge in [0.2, 0.25) is 5.91 Å². The first-order valence-corrected chi connectivity index (χ1v) is 4.14. The molecule has 0 aliphatic carbocycles. The van der Waals surface area contributed by atoms with E-state index in [4.69, 9.17) is 12.8 Å². The largest absolute Gasteiger partial charge is 0.342 e. The van der Waals surface area contributed by atoms with Crippen LogP contribution in [0.5, 0.6) is 0 Å². The monoisotopic (exact) mass is 177 g/mol. The minimum absolute atomic E-state index is 0.101. The van der Waals surface area contributed by atoms with Crippen LogP contribution in [0.3, 0.4) is 0 Å².